The van der Waals surface area contributed by atoms with Gasteiger partial charge in [-0.3, -0.25) is 4.40 Å². The summed E-state index contributed by atoms with van der Waals surface area (Å²) in [6, 6.07) is 10.4. The Hall–Kier alpha value is -2.45. The molecule has 0 amide bonds. The minimum absolute atomic E-state index is 0.151. The summed E-state index contributed by atoms with van der Waals surface area (Å²) in [5, 5.41) is 19.9. The third kappa shape index (κ3) is 2.32. The van der Waals surface area contributed by atoms with E-state index in [1.165, 1.54) is 4.90 Å². The first kappa shape index (κ1) is 14.5. The first-order valence-corrected chi connectivity index (χ1v) is 8.08. The molecule has 0 aliphatic carbocycles. The van der Waals surface area contributed by atoms with Gasteiger partial charge < -0.3 is 5.11 Å². The molecule has 0 spiro atoms. The van der Waals surface area contributed by atoms with Crippen LogP contribution in [-0.2, 0) is 6.42 Å². The van der Waals surface area contributed by atoms with Crippen molar-refractivity contribution in [1.82, 2.24) is 9.38 Å². The van der Waals surface area contributed by atoms with E-state index >= 15 is 0 Å². The van der Waals surface area contributed by atoms with Crippen molar-refractivity contribution in [2.75, 3.05) is 6.26 Å². The van der Waals surface area contributed by atoms with Crippen LogP contribution in [0.5, 0.6) is 5.88 Å². The van der Waals surface area contributed by atoms with E-state index in [0.717, 1.165) is 16.7 Å². The van der Waals surface area contributed by atoms with Crippen molar-refractivity contribution in [3.05, 3.63) is 58.9 Å². The molecule has 3 aromatic rings. The summed E-state index contributed by atoms with van der Waals surface area (Å²) in [6.45, 7) is 1.86. The number of pyridine rings is 1. The molecule has 0 saturated carbocycles. The predicted molar refractivity (Wildman–Crippen MR) is 87.3 cm³/mol. The highest BCUT2D eigenvalue weighted by Crippen LogP contribution is 2.29. The number of thioether (sulfide) groups is 1. The van der Waals surface area contributed by atoms with Gasteiger partial charge in [-0.15, -0.1) is 11.8 Å². The molecule has 5 heteroatoms. The summed E-state index contributed by atoms with van der Waals surface area (Å²) < 4.78 is 1.57. The fourth-order valence-corrected chi connectivity index (χ4v) is 2.99. The van der Waals surface area contributed by atoms with Crippen molar-refractivity contribution in [2.24, 2.45) is 0 Å². The first-order valence-electron chi connectivity index (χ1n) is 6.86. The van der Waals surface area contributed by atoms with Crippen molar-refractivity contribution in [1.29, 1.82) is 5.26 Å². The molecule has 0 fully saturated rings. The van der Waals surface area contributed by atoms with Crippen LogP contribution in [0.2, 0.25) is 0 Å². The first-order chi connectivity index (χ1) is 10.7. The SMILES string of the molecule is CSc1ccc(Cc2c(C)c(C#N)c3nccn3c2O)cc1. The van der Waals surface area contributed by atoms with E-state index < -0.39 is 0 Å². The molecule has 1 aromatic carbocycles. The average Bonchev–Trinajstić information content (AvgIpc) is 3.02. The number of aromatic nitrogens is 2. The van der Waals surface area contributed by atoms with Gasteiger partial charge in [0, 0.05) is 29.3 Å². The van der Waals surface area contributed by atoms with E-state index in [-0.39, 0.29) is 5.88 Å². The van der Waals surface area contributed by atoms with Gasteiger partial charge in [0.05, 0.1) is 5.56 Å². The van der Waals surface area contributed by atoms with Crippen molar-refractivity contribution in [2.45, 2.75) is 18.2 Å². The highest BCUT2D eigenvalue weighted by Gasteiger charge is 2.17. The molecule has 0 unspecified atom stereocenters. The van der Waals surface area contributed by atoms with E-state index in [4.69, 9.17) is 0 Å². The van der Waals surface area contributed by atoms with Crippen molar-refractivity contribution < 1.29 is 5.11 Å². The molecule has 2 aromatic heterocycles. The van der Waals surface area contributed by atoms with Gasteiger partial charge in [0.1, 0.15) is 6.07 Å². The molecular formula is C17H15N3OS. The molecule has 0 bridgehead atoms. The third-order valence-corrected chi connectivity index (χ3v) is 4.59. The maximum Gasteiger partial charge on any atom is 0.200 e. The quantitative estimate of drug-likeness (QED) is 0.752. The monoisotopic (exact) mass is 309 g/mol. The second-order valence-corrected chi connectivity index (χ2v) is 5.94. The number of aromatic hydroxyl groups is 1. The molecule has 2 heterocycles. The van der Waals surface area contributed by atoms with Crippen LogP contribution in [-0.4, -0.2) is 20.7 Å². The van der Waals surface area contributed by atoms with Crippen LogP contribution in [0.1, 0.15) is 22.3 Å². The van der Waals surface area contributed by atoms with E-state index in [1.807, 2.05) is 13.2 Å². The lowest BCUT2D eigenvalue weighted by Crippen LogP contribution is -2.02. The fraction of sp³-hybridized carbons (Fsp3) is 0.176. The summed E-state index contributed by atoms with van der Waals surface area (Å²) >= 11 is 1.69. The Balaban J connectivity index is 2.11. The van der Waals surface area contributed by atoms with Gasteiger partial charge in [-0.05, 0) is 36.4 Å². The van der Waals surface area contributed by atoms with E-state index in [9.17, 15) is 10.4 Å². The lowest BCUT2D eigenvalue weighted by Gasteiger charge is -2.13. The van der Waals surface area contributed by atoms with Crippen molar-refractivity contribution >= 4 is 17.4 Å². The van der Waals surface area contributed by atoms with Crippen LogP contribution in [0.25, 0.3) is 5.65 Å². The highest BCUT2D eigenvalue weighted by molar-refractivity contribution is 7.98. The summed E-state index contributed by atoms with van der Waals surface area (Å²) in [5.41, 5.74) is 3.66. The number of fused-ring (bicyclic) bond motifs is 1. The number of imidazole rings is 1. The number of benzene rings is 1. The topological polar surface area (TPSA) is 61.3 Å². The molecule has 0 atom stereocenters. The van der Waals surface area contributed by atoms with Crippen LogP contribution >= 0.6 is 11.8 Å². The summed E-state index contributed by atoms with van der Waals surface area (Å²) in [6.07, 6.45) is 5.88. The molecule has 0 radical (unpaired) electrons. The molecular weight excluding hydrogens is 294 g/mol. The Morgan fingerprint density at radius 1 is 1.32 bits per heavy atom. The van der Waals surface area contributed by atoms with Gasteiger partial charge in [-0.1, -0.05) is 12.1 Å². The van der Waals surface area contributed by atoms with Crippen LogP contribution < -0.4 is 0 Å². The molecule has 110 valence electrons. The molecule has 22 heavy (non-hydrogen) atoms. The number of nitriles is 1. The van der Waals surface area contributed by atoms with Crippen LogP contribution in [0, 0.1) is 18.3 Å². The number of hydrogen-bond donors (Lipinski definition) is 1. The Kier molecular flexibility index (Phi) is 3.78. The molecule has 0 aliphatic rings. The summed E-state index contributed by atoms with van der Waals surface area (Å²) in [7, 11) is 0. The smallest absolute Gasteiger partial charge is 0.200 e. The zero-order valence-electron chi connectivity index (χ0n) is 12.4. The lowest BCUT2D eigenvalue weighted by atomic mass is 9.98. The zero-order chi connectivity index (χ0) is 15.7. The average molecular weight is 309 g/mol. The second-order valence-electron chi connectivity index (χ2n) is 5.06. The minimum Gasteiger partial charge on any atom is -0.494 e. The number of nitrogens with zero attached hydrogens (tertiary/aromatic N) is 3. The van der Waals surface area contributed by atoms with E-state index in [0.29, 0.717) is 17.6 Å². The Bertz CT molecular complexity index is 876. The van der Waals surface area contributed by atoms with Crippen LogP contribution in [0.3, 0.4) is 0 Å². The highest BCUT2D eigenvalue weighted by atomic mass is 32.2. The minimum atomic E-state index is 0.151. The number of rotatable bonds is 3. The maximum absolute atomic E-state index is 10.5. The standard InChI is InChI=1S/C17H15N3OS/c1-11-14(9-12-3-5-13(22-2)6-4-12)17(21)20-8-7-19-16(20)15(11)10-18/h3-8,21H,9H2,1-2H3. The molecule has 0 saturated heterocycles. The van der Waals surface area contributed by atoms with Gasteiger partial charge in [-0.2, -0.15) is 5.26 Å². The summed E-state index contributed by atoms with van der Waals surface area (Å²) in [4.78, 5) is 5.36. The van der Waals surface area contributed by atoms with E-state index in [2.05, 4.69) is 35.3 Å². The Morgan fingerprint density at radius 3 is 2.68 bits per heavy atom. The molecule has 3 rings (SSSR count). The maximum atomic E-state index is 10.5. The van der Waals surface area contributed by atoms with Gasteiger partial charge >= 0.3 is 0 Å². The predicted octanol–water partition coefficient (Wildman–Crippen LogP) is 3.53. The fourth-order valence-electron chi connectivity index (χ4n) is 2.58. The van der Waals surface area contributed by atoms with Crippen molar-refractivity contribution in [3.8, 4) is 11.9 Å². The van der Waals surface area contributed by atoms with Gasteiger partial charge in [0.2, 0.25) is 5.88 Å². The zero-order valence-corrected chi connectivity index (χ0v) is 13.2. The molecule has 0 aliphatic heterocycles. The summed E-state index contributed by atoms with van der Waals surface area (Å²) in [5.74, 6) is 0.151. The normalized spacial score (nSPS) is 10.8. The molecule has 4 nitrogen and oxygen atoms in total. The van der Waals surface area contributed by atoms with Crippen LogP contribution in [0.4, 0.5) is 0 Å². The number of hydrogen-bond acceptors (Lipinski definition) is 4. The lowest BCUT2D eigenvalue weighted by molar-refractivity contribution is 0.439. The van der Waals surface area contributed by atoms with E-state index in [1.54, 1.807) is 28.6 Å². The third-order valence-electron chi connectivity index (χ3n) is 3.84. The molecule has 1 N–H and O–H groups in total. The van der Waals surface area contributed by atoms with Crippen LogP contribution in [0.15, 0.2) is 41.6 Å². The largest absolute Gasteiger partial charge is 0.494 e. The van der Waals surface area contributed by atoms with Crippen molar-refractivity contribution in [3.63, 3.8) is 0 Å². The second kappa shape index (κ2) is 5.74. The Labute approximate surface area is 133 Å². The van der Waals surface area contributed by atoms with Gasteiger partial charge in [-0.25, -0.2) is 4.98 Å². The van der Waals surface area contributed by atoms with Gasteiger partial charge in [0.25, 0.3) is 0 Å². The van der Waals surface area contributed by atoms with Gasteiger partial charge in [0.15, 0.2) is 5.65 Å². The Morgan fingerprint density at radius 2 is 2.05 bits per heavy atom.